The second-order valence-corrected chi connectivity index (χ2v) is 4.44. The number of carbonyl (C=O) groups is 2. The first-order chi connectivity index (χ1) is 9.33. The number of methoxy groups -OCH3 is 2. The van der Waals surface area contributed by atoms with E-state index in [-0.39, 0.29) is 0 Å². The Labute approximate surface area is 117 Å². The Morgan fingerprint density at radius 3 is 2.00 bits per heavy atom. The van der Waals surface area contributed by atoms with Crippen LogP contribution in [0.5, 0.6) is 11.5 Å². The minimum atomic E-state index is -1.06. The number of rotatable bonds is 5. The number of carboxylic acids is 1. The summed E-state index contributed by atoms with van der Waals surface area (Å²) in [6.45, 7) is 3.26. The van der Waals surface area contributed by atoms with Gasteiger partial charge in [0.2, 0.25) is 0 Å². The van der Waals surface area contributed by atoms with Crippen molar-refractivity contribution in [3.63, 3.8) is 0 Å². The summed E-state index contributed by atoms with van der Waals surface area (Å²) >= 11 is 0. The number of aliphatic carboxylic acids is 1. The van der Waals surface area contributed by atoms with Crippen LogP contribution in [0.1, 0.15) is 22.8 Å². The molecule has 0 saturated heterocycles. The van der Waals surface area contributed by atoms with E-state index < -0.39 is 17.9 Å². The lowest BCUT2D eigenvalue weighted by Gasteiger charge is -2.22. The van der Waals surface area contributed by atoms with Crippen molar-refractivity contribution in [3.8, 4) is 11.5 Å². The molecule has 20 heavy (non-hydrogen) atoms. The van der Waals surface area contributed by atoms with Crippen LogP contribution in [0.3, 0.4) is 0 Å². The lowest BCUT2D eigenvalue weighted by molar-refractivity contribution is -0.141. The van der Waals surface area contributed by atoms with E-state index in [2.05, 4.69) is 0 Å². The fourth-order valence-corrected chi connectivity index (χ4v) is 1.75. The maximum Gasteiger partial charge on any atom is 0.326 e. The molecule has 110 valence electrons. The van der Waals surface area contributed by atoms with Gasteiger partial charge in [-0.2, -0.15) is 0 Å². The molecule has 0 aliphatic carbocycles. The van der Waals surface area contributed by atoms with E-state index in [9.17, 15) is 9.59 Å². The third-order valence-corrected chi connectivity index (χ3v) is 3.26. The van der Waals surface area contributed by atoms with Gasteiger partial charge in [-0.3, -0.25) is 4.79 Å². The number of likely N-dealkylation sites (N-methyl/N-ethyl adjacent to an activating group) is 1. The van der Waals surface area contributed by atoms with E-state index in [4.69, 9.17) is 14.6 Å². The molecule has 6 nitrogen and oxygen atoms in total. The maximum absolute atomic E-state index is 12.3. The molecule has 0 aliphatic rings. The van der Waals surface area contributed by atoms with Gasteiger partial charge in [0, 0.05) is 18.2 Å². The van der Waals surface area contributed by atoms with Crippen LogP contribution >= 0.6 is 0 Å². The number of amides is 1. The molecule has 1 rings (SSSR count). The molecular formula is C14H19NO5. The summed E-state index contributed by atoms with van der Waals surface area (Å²) in [5.41, 5.74) is 1.10. The van der Waals surface area contributed by atoms with Crippen LogP contribution in [0.15, 0.2) is 12.1 Å². The van der Waals surface area contributed by atoms with Gasteiger partial charge in [0.15, 0.2) is 0 Å². The molecule has 1 N–H and O–H groups in total. The summed E-state index contributed by atoms with van der Waals surface area (Å²) in [7, 11) is 4.44. The summed E-state index contributed by atoms with van der Waals surface area (Å²) in [5.74, 6) is -0.434. The normalized spacial score (nSPS) is 11.7. The van der Waals surface area contributed by atoms with Gasteiger partial charge in [0.05, 0.1) is 14.2 Å². The van der Waals surface area contributed by atoms with E-state index in [0.29, 0.717) is 17.1 Å². The number of ether oxygens (including phenoxy) is 2. The van der Waals surface area contributed by atoms with Gasteiger partial charge in [-0.1, -0.05) is 0 Å². The van der Waals surface area contributed by atoms with Gasteiger partial charge in [-0.15, -0.1) is 0 Å². The first-order valence-corrected chi connectivity index (χ1v) is 6.06. The predicted molar refractivity (Wildman–Crippen MR) is 73.5 cm³/mol. The Morgan fingerprint density at radius 1 is 1.20 bits per heavy atom. The number of nitrogens with zero attached hydrogens (tertiary/aromatic N) is 1. The smallest absolute Gasteiger partial charge is 0.326 e. The quantitative estimate of drug-likeness (QED) is 0.886. The first kappa shape index (κ1) is 15.8. The van der Waals surface area contributed by atoms with Crippen molar-refractivity contribution >= 4 is 11.9 Å². The van der Waals surface area contributed by atoms with Crippen LogP contribution < -0.4 is 9.47 Å². The van der Waals surface area contributed by atoms with E-state index in [1.165, 1.54) is 28.2 Å². The number of hydrogen-bond acceptors (Lipinski definition) is 4. The average molecular weight is 281 g/mol. The Kier molecular flexibility index (Phi) is 4.96. The first-order valence-electron chi connectivity index (χ1n) is 6.06. The monoisotopic (exact) mass is 281 g/mol. The zero-order valence-corrected chi connectivity index (χ0v) is 12.3. The standard InChI is InChI=1S/C14H19NO5/c1-8-11(19-4)6-10(7-12(8)20-5)13(16)15(3)9(2)14(17)18/h6-7,9H,1-5H3,(H,17,18). The third kappa shape index (κ3) is 3.01. The van der Waals surface area contributed by atoms with Gasteiger partial charge in [0.25, 0.3) is 5.91 Å². The van der Waals surface area contributed by atoms with E-state index >= 15 is 0 Å². The average Bonchev–Trinajstić information content (AvgIpc) is 2.44. The molecule has 0 spiro atoms. The van der Waals surface area contributed by atoms with E-state index in [1.807, 2.05) is 6.92 Å². The Hall–Kier alpha value is -2.24. The van der Waals surface area contributed by atoms with Crippen LogP contribution in [0.4, 0.5) is 0 Å². The molecule has 0 bridgehead atoms. The van der Waals surface area contributed by atoms with Gasteiger partial charge in [-0.25, -0.2) is 4.79 Å². The minimum Gasteiger partial charge on any atom is -0.496 e. The summed E-state index contributed by atoms with van der Waals surface area (Å²) in [5, 5.41) is 8.95. The molecule has 1 aromatic carbocycles. The van der Waals surface area contributed by atoms with Crippen molar-refractivity contribution < 1.29 is 24.2 Å². The molecule has 0 aromatic heterocycles. The number of hydrogen-bond donors (Lipinski definition) is 1. The molecule has 6 heteroatoms. The Balaban J connectivity index is 3.19. The number of carboxylic acid groups (broad SMARTS) is 1. The van der Waals surface area contributed by atoms with Crippen molar-refractivity contribution in [2.45, 2.75) is 19.9 Å². The van der Waals surface area contributed by atoms with Gasteiger partial charge in [0.1, 0.15) is 17.5 Å². The van der Waals surface area contributed by atoms with Crippen molar-refractivity contribution in [2.75, 3.05) is 21.3 Å². The zero-order chi connectivity index (χ0) is 15.4. The summed E-state index contributed by atoms with van der Waals surface area (Å²) in [6.07, 6.45) is 0. The molecular weight excluding hydrogens is 262 g/mol. The van der Waals surface area contributed by atoms with Crippen molar-refractivity contribution in [2.24, 2.45) is 0 Å². The summed E-state index contributed by atoms with van der Waals surface area (Å²) < 4.78 is 10.4. The second-order valence-electron chi connectivity index (χ2n) is 4.44. The maximum atomic E-state index is 12.3. The largest absolute Gasteiger partial charge is 0.496 e. The summed E-state index contributed by atoms with van der Waals surface area (Å²) in [4.78, 5) is 24.4. The third-order valence-electron chi connectivity index (χ3n) is 3.26. The molecule has 0 fully saturated rings. The molecule has 0 heterocycles. The molecule has 1 atom stereocenters. The molecule has 1 unspecified atom stereocenters. The van der Waals surface area contributed by atoms with E-state index in [1.54, 1.807) is 12.1 Å². The van der Waals surface area contributed by atoms with Gasteiger partial charge >= 0.3 is 5.97 Å². The SMILES string of the molecule is COc1cc(C(=O)N(C)C(C)C(=O)O)cc(OC)c1C. The molecule has 0 saturated carbocycles. The fourth-order valence-electron chi connectivity index (χ4n) is 1.75. The molecule has 1 amide bonds. The second kappa shape index (κ2) is 6.27. The molecule has 1 aromatic rings. The molecule has 0 radical (unpaired) electrons. The highest BCUT2D eigenvalue weighted by atomic mass is 16.5. The number of carbonyl (C=O) groups excluding carboxylic acids is 1. The highest BCUT2D eigenvalue weighted by Crippen LogP contribution is 2.30. The van der Waals surface area contributed by atoms with Crippen LogP contribution in [-0.4, -0.2) is 49.2 Å². The van der Waals surface area contributed by atoms with Crippen LogP contribution in [0.2, 0.25) is 0 Å². The summed E-state index contributed by atoms with van der Waals surface area (Å²) in [6, 6.07) is 2.23. The Morgan fingerprint density at radius 2 is 1.65 bits per heavy atom. The number of benzene rings is 1. The lowest BCUT2D eigenvalue weighted by atomic mass is 10.1. The van der Waals surface area contributed by atoms with Crippen LogP contribution in [0.25, 0.3) is 0 Å². The minimum absolute atomic E-state index is 0.319. The van der Waals surface area contributed by atoms with Crippen molar-refractivity contribution in [1.29, 1.82) is 0 Å². The Bertz CT molecular complexity index is 501. The van der Waals surface area contributed by atoms with Crippen LogP contribution in [-0.2, 0) is 4.79 Å². The zero-order valence-electron chi connectivity index (χ0n) is 12.3. The van der Waals surface area contributed by atoms with Gasteiger partial charge in [-0.05, 0) is 26.0 Å². The van der Waals surface area contributed by atoms with Crippen molar-refractivity contribution in [3.05, 3.63) is 23.3 Å². The topological polar surface area (TPSA) is 76.1 Å². The highest BCUT2D eigenvalue weighted by Gasteiger charge is 2.24. The van der Waals surface area contributed by atoms with Gasteiger partial charge < -0.3 is 19.5 Å². The van der Waals surface area contributed by atoms with Crippen molar-refractivity contribution in [1.82, 2.24) is 4.90 Å². The highest BCUT2D eigenvalue weighted by molar-refractivity contribution is 5.97. The molecule has 0 aliphatic heterocycles. The van der Waals surface area contributed by atoms with E-state index in [0.717, 1.165) is 10.5 Å². The van der Waals surface area contributed by atoms with Crippen LogP contribution in [0, 0.1) is 6.92 Å². The fraction of sp³-hybridized carbons (Fsp3) is 0.429. The predicted octanol–water partition coefficient (Wildman–Crippen LogP) is 1.56. The lowest BCUT2D eigenvalue weighted by Crippen LogP contribution is -2.40.